The summed E-state index contributed by atoms with van der Waals surface area (Å²) in [6.07, 6.45) is 5.82. The number of aryl methyl sites for hydroxylation is 2. The molecule has 192 valence electrons. The number of benzene rings is 1. The van der Waals surface area contributed by atoms with E-state index < -0.39 is 10.0 Å². The number of likely N-dealkylation sites (tertiary alicyclic amines) is 1. The molecule has 0 N–H and O–H groups in total. The number of ether oxygens (including phenoxy) is 1. The maximum Gasteiger partial charge on any atom is 0.275 e. The van der Waals surface area contributed by atoms with Gasteiger partial charge in [-0.05, 0) is 63.3 Å². The molecule has 2 aliphatic heterocycles. The first kappa shape index (κ1) is 24.7. The summed E-state index contributed by atoms with van der Waals surface area (Å²) in [5.74, 6) is 0.136. The molecule has 0 spiro atoms. The van der Waals surface area contributed by atoms with E-state index in [1.165, 1.54) is 11.4 Å². The third-order valence-corrected chi connectivity index (χ3v) is 9.05. The van der Waals surface area contributed by atoms with Crippen LogP contribution >= 0.6 is 0 Å². The molecule has 2 aliphatic rings. The average molecular weight is 512 g/mol. The van der Waals surface area contributed by atoms with Crippen LogP contribution in [0.4, 0.5) is 0 Å². The summed E-state index contributed by atoms with van der Waals surface area (Å²) in [4.78, 5) is 20.5. The van der Waals surface area contributed by atoms with Gasteiger partial charge >= 0.3 is 0 Å². The number of carbonyl (C=O) groups excluding carboxylic acids is 1. The van der Waals surface area contributed by atoms with Crippen molar-refractivity contribution in [3.8, 4) is 16.9 Å². The largest absolute Gasteiger partial charge is 0.495 e. The average Bonchev–Trinajstić information content (AvgIpc) is 3.45. The van der Waals surface area contributed by atoms with Crippen molar-refractivity contribution in [1.29, 1.82) is 0 Å². The van der Waals surface area contributed by atoms with Gasteiger partial charge in [0.05, 0.1) is 12.7 Å². The Kier molecular flexibility index (Phi) is 6.74. The van der Waals surface area contributed by atoms with Gasteiger partial charge in [-0.25, -0.2) is 17.9 Å². The fourth-order valence-electron chi connectivity index (χ4n) is 5.26. The third-order valence-electron chi connectivity index (χ3n) is 7.13. The van der Waals surface area contributed by atoms with Crippen molar-refractivity contribution in [3.63, 3.8) is 0 Å². The molecular weight excluding hydrogens is 478 g/mol. The molecule has 9 nitrogen and oxygen atoms in total. The number of nitrogens with zero attached hydrogens (tertiary/aromatic N) is 5. The molecule has 2 fully saturated rings. The van der Waals surface area contributed by atoms with Gasteiger partial charge in [0.2, 0.25) is 10.0 Å². The fourth-order valence-corrected chi connectivity index (χ4v) is 6.96. The molecular formula is C26H33N5O4S. The zero-order valence-corrected chi connectivity index (χ0v) is 22.0. The third kappa shape index (κ3) is 4.37. The zero-order chi connectivity index (χ0) is 25.4. The Bertz CT molecular complexity index is 1400. The van der Waals surface area contributed by atoms with Crippen molar-refractivity contribution >= 4 is 21.6 Å². The van der Waals surface area contributed by atoms with E-state index in [1.54, 1.807) is 22.7 Å². The lowest BCUT2D eigenvalue weighted by atomic mass is 10.0. The Hall–Kier alpha value is -2.98. The van der Waals surface area contributed by atoms with Crippen LogP contribution in [-0.2, 0) is 10.0 Å². The van der Waals surface area contributed by atoms with Crippen molar-refractivity contribution in [1.82, 2.24) is 23.8 Å². The minimum absolute atomic E-state index is 0.0984. The molecule has 3 aromatic rings. The van der Waals surface area contributed by atoms with Gasteiger partial charge < -0.3 is 9.64 Å². The number of carbonyl (C=O) groups is 1. The molecule has 2 aromatic heterocycles. The Labute approximate surface area is 212 Å². The molecule has 0 bridgehead atoms. The van der Waals surface area contributed by atoms with Crippen LogP contribution in [0.25, 0.3) is 16.8 Å². The highest BCUT2D eigenvalue weighted by atomic mass is 32.2. The standard InChI is InChI=1S/C26H33N5O4S/c1-18-16-19(2)31-25(27-18)23(24(28-31)26(32)29-12-6-4-5-7-13-29)20-10-11-21(35-3)22(17-20)36(33,34)30-14-8-9-15-30/h10-11,16-17H,4-9,12-15H2,1-3H3. The first-order chi connectivity index (χ1) is 17.3. The van der Waals surface area contributed by atoms with Gasteiger partial charge in [-0.2, -0.15) is 9.40 Å². The monoisotopic (exact) mass is 511 g/mol. The lowest BCUT2D eigenvalue weighted by molar-refractivity contribution is 0.0756. The molecule has 1 aromatic carbocycles. The van der Waals surface area contributed by atoms with E-state index in [0.717, 1.165) is 49.9 Å². The van der Waals surface area contributed by atoms with E-state index in [0.29, 0.717) is 48.6 Å². The van der Waals surface area contributed by atoms with E-state index >= 15 is 0 Å². The van der Waals surface area contributed by atoms with Crippen LogP contribution in [0.1, 0.15) is 60.4 Å². The molecule has 0 radical (unpaired) electrons. The van der Waals surface area contributed by atoms with Crippen molar-refractivity contribution in [2.24, 2.45) is 0 Å². The fraction of sp³-hybridized carbons (Fsp3) is 0.500. The number of fused-ring (bicyclic) bond motifs is 1. The number of hydrogen-bond acceptors (Lipinski definition) is 6. The lowest BCUT2D eigenvalue weighted by Gasteiger charge is -2.20. The first-order valence-corrected chi connectivity index (χ1v) is 14.1. The predicted molar refractivity (Wildman–Crippen MR) is 137 cm³/mol. The van der Waals surface area contributed by atoms with E-state index in [4.69, 9.17) is 14.8 Å². The Balaban J connectivity index is 1.71. The molecule has 36 heavy (non-hydrogen) atoms. The molecule has 0 saturated carbocycles. The Morgan fingerprint density at radius 2 is 1.61 bits per heavy atom. The van der Waals surface area contributed by atoms with Crippen LogP contribution in [-0.4, -0.2) is 71.4 Å². The Morgan fingerprint density at radius 3 is 2.28 bits per heavy atom. The van der Waals surface area contributed by atoms with Gasteiger partial charge in [0.1, 0.15) is 10.6 Å². The molecule has 0 unspecified atom stereocenters. The summed E-state index contributed by atoms with van der Waals surface area (Å²) in [5.41, 5.74) is 3.63. The predicted octanol–water partition coefficient (Wildman–Crippen LogP) is 3.82. The second-order valence-electron chi connectivity index (χ2n) is 9.68. The van der Waals surface area contributed by atoms with Crippen LogP contribution in [0.5, 0.6) is 5.75 Å². The maximum atomic E-state index is 13.8. The van der Waals surface area contributed by atoms with Gasteiger partial charge in [-0.15, -0.1) is 0 Å². The number of methoxy groups -OCH3 is 1. The quantitative estimate of drug-likeness (QED) is 0.517. The molecule has 1 amide bonds. The van der Waals surface area contributed by atoms with Gasteiger partial charge in [0.25, 0.3) is 5.91 Å². The van der Waals surface area contributed by atoms with Crippen molar-refractivity contribution in [3.05, 3.63) is 41.3 Å². The van der Waals surface area contributed by atoms with Crippen LogP contribution < -0.4 is 4.74 Å². The summed E-state index contributed by atoms with van der Waals surface area (Å²) in [7, 11) is -2.29. The smallest absolute Gasteiger partial charge is 0.275 e. The number of sulfonamides is 1. The Morgan fingerprint density at radius 1 is 0.944 bits per heavy atom. The summed E-state index contributed by atoms with van der Waals surface area (Å²) in [5, 5.41) is 4.72. The molecule has 5 rings (SSSR count). The van der Waals surface area contributed by atoms with E-state index in [2.05, 4.69) is 0 Å². The van der Waals surface area contributed by atoms with E-state index in [9.17, 15) is 13.2 Å². The second kappa shape index (κ2) is 9.82. The highest BCUT2D eigenvalue weighted by molar-refractivity contribution is 7.89. The number of aromatic nitrogens is 3. The van der Waals surface area contributed by atoms with E-state index in [1.807, 2.05) is 24.8 Å². The number of rotatable bonds is 5. The van der Waals surface area contributed by atoms with Crippen LogP contribution in [0.15, 0.2) is 29.2 Å². The van der Waals surface area contributed by atoms with Crippen molar-refractivity contribution in [2.45, 2.75) is 57.3 Å². The number of hydrogen-bond donors (Lipinski definition) is 0. The normalized spacial score (nSPS) is 17.5. The van der Waals surface area contributed by atoms with Crippen molar-refractivity contribution < 1.29 is 17.9 Å². The van der Waals surface area contributed by atoms with Gasteiger partial charge in [-0.1, -0.05) is 18.9 Å². The summed E-state index contributed by atoms with van der Waals surface area (Å²) in [6.45, 7) is 6.19. The zero-order valence-electron chi connectivity index (χ0n) is 21.2. The highest BCUT2D eigenvalue weighted by Gasteiger charge is 2.32. The second-order valence-corrected chi connectivity index (χ2v) is 11.6. The molecule has 2 saturated heterocycles. The first-order valence-electron chi connectivity index (χ1n) is 12.7. The maximum absolute atomic E-state index is 13.8. The highest BCUT2D eigenvalue weighted by Crippen LogP contribution is 2.36. The van der Waals surface area contributed by atoms with Gasteiger partial charge in [0, 0.05) is 37.6 Å². The van der Waals surface area contributed by atoms with Crippen LogP contribution in [0, 0.1) is 13.8 Å². The minimum Gasteiger partial charge on any atom is -0.495 e. The van der Waals surface area contributed by atoms with Gasteiger partial charge in [-0.3, -0.25) is 4.79 Å². The van der Waals surface area contributed by atoms with E-state index in [-0.39, 0.29) is 16.6 Å². The topological polar surface area (TPSA) is 97.1 Å². The van der Waals surface area contributed by atoms with Crippen LogP contribution in [0.2, 0.25) is 0 Å². The van der Waals surface area contributed by atoms with Crippen molar-refractivity contribution in [2.75, 3.05) is 33.3 Å². The lowest BCUT2D eigenvalue weighted by Crippen LogP contribution is -2.32. The summed E-state index contributed by atoms with van der Waals surface area (Å²) in [6, 6.07) is 6.98. The van der Waals surface area contributed by atoms with Crippen LogP contribution in [0.3, 0.4) is 0 Å². The molecule has 4 heterocycles. The minimum atomic E-state index is -3.76. The number of amides is 1. The van der Waals surface area contributed by atoms with Gasteiger partial charge in [0.15, 0.2) is 11.3 Å². The summed E-state index contributed by atoms with van der Waals surface area (Å²) < 4.78 is 35.7. The molecule has 10 heteroatoms. The SMILES string of the molecule is COc1ccc(-c2c(C(=O)N3CCCCCC3)nn3c(C)cc(C)nc23)cc1S(=O)(=O)N1CCCC1. The summed E-state index contributed by atoms with van der Waals surface area (Å²) >= 11 is 0. The molecule has 0 atom stereocenters. The molecule has 0 aliphatic carbocycles.